The molecule has 0 amide bonds. The highest BCUT2D eigenvalue weighted by molar-refractivity contribution is 7.86. The number of hydrogen-bond acceptors (Lipinski definition) is 7. The number of azo groups is 1. The monoisotopic (exact) mass is 373 g/mol. The summed E-state index contributed by atoms with van der Waals surface area (Å²) < 4.78 is 32.7. The summed E-state index contributed by atoms with van der Waals surface area (Å²) in [6.07, 6.45) is 0. The topological polar surface area (TPSA) is 142 Å². The van der Waals surface area contributed by atoms with E-state index >= 15 is 0 Å². The number of phenols is 1. The van der Waals surface area contributed by atoms with Crippen LogP contribution >= 0.6 is 0 Å². The SMILES string of the molecule is O=[N+]([O-])c1ccc(N=Nc2cc(S(=O)(=O)O)c3ccccc3c2O)cc1. The minimum absolute atomic E-state index is 0.119. The number of nitrogens with zero attached hydrogens (tertiary/aromatic N) is 3. The number of rotatable bonds is 4. The molecule has 26 heavy (non-hydrogen) atoms. The summed E-state index contributed by atoms with van der Waals surface area (Å²) in [5, 5.41) is 28.9. The molecule has 3 aromatic rings. The first-order chi connectivity index (χ1) is 12.3. The lowest BCUT2D eigenvalue weighted by molar-refractivity contribution is -0.384. The van der Waals surface area contributed by atoms with Crippen molar-refractivity contribution in [2.75, 3.05) is 0 Å². The molecule has 0 heterocycles. The van der Waals surface area contributed by atoms with Gasteiger partial charge in [-0.05, 0) is 18.2 Å². The van der Waals surface area contributed by atoms with Crippen molar-refractivity contribution in [3.8, 4) is 5.75 Å². The Hall–Kier alpha value is -3.37. The third-order valence-electron chi connectivity index (χ3n) is 3.57. The maximum Gasteiger partial charge on any atom is 0.295 e. The smallest absolute Gasteiger partial charge is 0.295 e. The summed E-state index contributed by atoms with van der Waals surface area (Å²) in [4.78, 5) is 9.66. The van der Waals surface area contributed by atoms with E-state index in [-0.39, 0.29) is 33.6 Å². The molecule has 132 valence electrons. The molecule has 0 aromatic heterocycles. The van der Waals surface area contributed by atoms with E-state index in [0.717, 1.165) is 6.07 Å². The Labute approximate surface area is 147 Å². The average molecular weight is 373 g/mol. The van der Waals surface area contributed by atoms with Crippen molar-refractivity contribution in [2.24, 2.45) is 10.2 Å². The van der Waals surface area contributed by atoms with Crippen LogP contribution in [0.1, 0.15) is 0 Å². The number of nitro benzene ring substituents is 1. The summed E-state index contributed by atoms with van der Waals surface area (Å²) in [5.41, 5.74) is -0.0302. The van der Waals surface area contributed by atoms with E-state index in [4.69, 9.17) is 0 Å². The molecule has 9 nitrogen and oxygen atoms in total. The molecule has 0 unspecified atom stereocenters. The van der Waals surface area contributed by atoms with Crippen molar-refractivity contribution in [3.63, 3.8) is 0 Å². The van der Waals surface area contributed by atoms with Gasteiger partial charge in [-0.3, -0.25) is 14.7 Å². The first kappa shape index (κ1) is 17.5. The van der Waals surface area contributed by atoms with Crippen LogP contribution in [0.4, 0.5) is 17.1 Å². The molecule has 0 aliphatic carbocycles. The molecule has 0 spiro atoms. The molecule has 0 saturated heterocycles. The molecule has 0 aliphatic heterocycles. The Morgan fingerprint density at radius 2 is 1.58 bits per heavy atom. The number of hydrogen-bond donors (Lipinski definition) is 2. The molecule has 2 N–H and O–H groups in total. The average Bonchev–Trinajstić information content (AvgIpc) is 2.60. The van der Waals surface area contributed by atoms with Crippen molar-refractivity contribution in [1.29, 1.82) is 0 Å². The Kier molecular flexibility index (Phi) is 4.36. The lowest BCUT2D eigenvalue weighted by Gasteiger charge is -2.08. The van der Waals surface area contributed by atoms with Crippen molar-refractivity contribution < 1.29 is 23.0 Å². The number of fused-ring (bicyclic) bond motifs is 1. The summed E-state index contributed by atoms with van der Waals surface area (Å²) >= 11 is 0. The minimum atomic E-state index is -4.55. The quantitative estimate of drug-likeness (QED) is 0.305. The number of non-ortho nitro benzene ring substituents is 1. The van der Waals surface area contributed by atoms with Crippen LogP contribution in [0, 0.1) is 10.1 Å². The predicted molar refractivity (Wildman–Crippen MR) is 92.7 cm³/mol. The van der Waals surface area contributed by atoms with Crippen LogP contribution in [-0.4, -0.2) is 23.0 Å². The van der Waals surface area contributed by atoms with Crippen LogP contribution < -0.4 is 0 Å². The molecule has 0 fully saturated rings. The second kappa shape index (κ2) is 6.50. The largest absolute Gasteiger partial charge is 0.505 e. The third-order valence-corrected chi connectivity index (χ3v) is 4.46. The number of aromatic hydroxyl groups is 1. The lowest BCUT2D eigenvalue weighted by atomic mass is 10.1. The van der Waals surface area contributed by atoms with Gasteiger partial charge in [0.15, 0.2) is 5.75 Å². The third kappa shape index (κ3) is 3.36. The Balaban J connectivity index is 2.10. The molecule has 0 radical (unpaired) electrons. The predicted octanol–water partition coefficient (Wildman–Crippen LogP) is 4.12. The second-order valence-electron chi connectivity index (χ2n) is 5.24. The summed E-state index contributed by atoms with van der Waals surface area (Å²) in [6, 6.07) is 12.2. The van der Waals surface area contributed by atoms with E-state index in [2.05, 4.69) is 10.2 Å². The van der Waals surface area contributed by atoms with Crippen LogP contribution in [0.25, 0.3) is 10.8 Å². The first-order valence-electron chi connectivity index (χ1n) is 7.16. The van der Waals surface area contributed by atoms with Crippen LogP contribution in [0.2, 0.25) is 0 Å². The molecule has 0 aliphatic rings. The molecule has 0 saturated carbocycles. The highest BCUT2D eigenvalue weighted by atomic mass is 32.2. The molecule has 3 aromatic carbocycles. The van der Waals surface area contributed by atoms with Gasteiger partial charge in [0.2, 0.25) is 0 Å². The summed E-state index contributed by atoms with van der Waals surface area (Å²) in [5.74, 6) is -0.307. The van der Waals surface area contributed by atoms with Gasteiger partial charge in [-0.25, -0.2) is 0 Å². The maximum atomic E-state index is 11.6. The Morgan fingerprint density at radius 1 is 0.962 bits per heavy atom. The van der Waals surface area contributed by atoms with Gasteiger partial charge >= 0.3 is 0 Å². The van der Waals surface area contributed by atoms with Gasteiger partial charge in [0, 0.05) is 22.9 Å². The lowest BCUT2D eigenvalue weighted by Crippen LogP contribution is -1.99. The van der Waals surface area contributed by atoms with E-state index in [1.165, 1.54) is 36.4 Å². The molecule has 0 atom stereocenters. The van der Waals surface area contributed by atoms with Gasteiger partial charge in [-0.15, -0.1) is 5.11 Å². The first-order valence-corrected chi connectivity index (χ1v) is 8.60. The number of phenolic OH excluding ortho intramolecular Hbond substituents is 1. The Morgan fingerprint density at radius 3 is 2.15 bits per heavy atom. The zero-order chi connectivity index (χ0) is 18.9. The van der Waals surface area contributed by atoms with Crippen LogP contribution in [0.5, 0.6) is 5.75 Å². The van der Waals surface area contributed by atoms with Crippen molar-refractivity contribution in [1.82, 2.24) is 0 Å². The fourth-order valence-corrected chi connectivity index (χ4v) is 3.07. The van der Waals surface area contributed by atoms with Crippen LogP contribution in [-0.2, 0) is 10.1 Å². The van der Waals surface area contributed by atoms with Gasteiger partial charge in [0.1, 0.15) is 10.6 Å². The van der Waals surface area contributed by atoms with Gasteiger partial charge in [0.25, 0.3) is 15.8 Å². The van der Waals surface area contributed by atoms with Gasteiger partial charge in [-0.1, -0.05) is 24.3 Å². The molecular formula is C16H11N3O6S. The zero-order valence-electron chi connectivity index (χ0n) is 13.0. The normalized spacial score (nSPS) is 11.9. The Bertz CT molecular complexity index is 1140. The van der Waals surface area contributed by atoms with Crippen molar-refractivity contribution in [2.45, 2.75) is 4.90 Å². The fraction of sp³-hybridized carbons (Fsp3) is 0. The van der Waals surface area contributed by atoms with Crippen LogP contribution in [0.3, 0.4) is 0 Å². The molecule has 0 bridgehead atoms. The molecule has 10 heteroatoms. The second-order valence-corrected chi connectivity index (χ2v) is 6.63. The highest BCUT2D eigenvalue weighted by Gasteiger charge is 2.19. The van der Waals surface area contributed by atoms with Gasteiger partial charge in [0.05, 0.1) is 10.6 Å². The van der Waals surface area contributed by atoms with Crippen molar-refractivity contribution in [3.05, 3.63) is 64.7 Å². The van der Waals surface area contributed by atoms with E-state index in [9.17, 15) is 28.2 Å². The zero-order valence-corrected chi connectivity index (χ0v) is 13.8. The van der Waals surface area contributed by atoms with Gasteiger partial charge < -0.3 is 5.11 Å². The minimum Gasteiger partial charge on any atom is -0.505 e. The van der Waals surface area contributed by atoms with E-state index in [1.807, 2.05) is 0 Å². The standard InChI is InChI=1S/C16H11N3O6S/c20-16-13-4-2-1-3-12(13)15(26(23,24)25)9-14(16)18-17-10-5-7-11(8-6-10)19(21)22/h1-9,20H,(H,23,24,25). The summed E-state index contributed by atoms with van der Waals surface area (Å²) in [6.45, 7) is 0. The highest BCUT2D eigenvalue weighted by Crippen LogP contribution is 2.39. The van der Waals surface area contributed by atoms with Crippen LogP contribution in [0.15, 0.2) is 69.7 Å². The number of benzene rings is 3. The van der Waals surface area contributed by atoms with Gasteiger partial charge in [-0.2, -0.15) is 13.5 Å². The van der Waals surface area contributed by atoms with Crippen molar-refractivity contribution >= 4 is 38.0 Å². The molecule has 3 rings (SSSR count). The van der Waals surface area contributed by atoms with E-state index < -0.39 is 19.9 Å². The van der Waals surface area contributed by atoms with E-state index in [0.29, 0.717) is 0 Å². The summed E-state index contributed by atoms with van der Waals surface area (Å²) in [7, 11) is -4.55. The number of nitro groups is 1. The maximum absolute atomic E-state index is 11.6. The fourth-order valence-electron chi connectivity index (χ4n) is 2.36. The molecular weight excluding hydrogens is 362 g/mol. The van der Waals surface area contributed by atoms with E-state index in [1.54, 1.807) is 12.1 Å².